The van der Waals surface area contributed by atoms with Crippen LogP contribution in [0.5, 0.6) is 0 Å². The van der Waals surface area contributed by atoms with Gasteiger partial charge < -0.3 is 14.0 Å². The highest BCUT2D eigenvalue weighted by molar-refractivity contribution is 5.95. The second-order valence-electron chi connectivity index (χ2n) is 7.21. The van der Waals surface area contributed by atoms with E-state index in [1.54, 1.807) is 6.20 Å². The van der Waals surface area contributed by atoms with Crippen LogP contribution in [0.2, 0.25) is 0 Å². The molecule has 1 atom stereocenters. The average molecular weight is 313 g/mol. The fraction of sp³-hybridized carbons (Fsp3) is 0.556. The van der Waals surface area contributed by atoms with Gasteiger partial charge in [0.1, 0.15) is 5.65 Å². The zero-order valence-corrected chi connectivity index (χ0v) is 13.7. The number of amides is 1. The van der Waals surface area contributed by atoms with Crippen molar-refractivity contribution in [3.8, 4) is 0 Å². The molecule has 5 heteroatoms. The van der Waals surface area contributed by atoms with E-state index < -0.39 is 0 Å². The Hall–Kier alpha value is -1.88. The second-order valence-corrected chi connectivity index (χ2v) is 7.21. The van der Waals surface area contributed by atoms with E-state index in [4.69, 9.17) is 4.74 Å². The summed E-state index contributed by atoms with van der Waals surface area (Å²) < 4.78 is 7.44. The first-order chi connectivity index (χ1) is 11.1. The number of nitrogens with zero attached hydrogens (tertiary/aromatic N) is 3. The highest BCUT2D eigenvalue weighted by Crippen LogP contribution is 2.49. The molecule has 2 aromatic rings. The number of carbonyl (C=O) groups is 1. The minimum Gasteiger partial charge on any atom is -0.381 e. The van der Waals surface area contributed by atoms with Gasteiger partial charge in [0, 0.05) is 49.8 Å². The maximum absolute atomic E-state index is 13.0. The summed E-state index contributed by atoms with van der Waals surface area (Å²) in [6, 6.07) is 4.11. The Balaban J connectivity index is 1.60. The van der Waals surface area contributed by atoms with E-state index in [9.17, 15) is 4.79 Å². The molecule has 2 aliphatic heterocycles. The van der Waals surface area contributed by atoms with Crippen molar-refractivity contribution in [2.45, 2.75) is 32.7 Å². The van der Waals surface area contributed by atoms with Crippen LogP contribution >= 0.6 is 0 Å². The van der Waals surface area contributed by atoms with Crippen LogP contribution in [0.15, 0.2) is 30.7 Å². The number of rotatable bonds is 2. The predicted molar refractivity (Wildman–Crippen MR) is 87.3 cm³/mol. The molecule has 122 valence electrons. The van der Waals surface area contributed by atoms with Crippen LogP contribution in [-0.2, 0) is 4.74 Å². The highest BCUT2D eigenvalue weighted by Gasteiger charge is 2.55. The molecule has 0 radical (unpaired) electrons. The highest BCUT2D eigenvalue weighted by atomic mass is 16.5. The molecule has 0 N–H and O–H groups in total. The van der Waals surface area contributed by atoms with Gasteiger partial charge in [0.2, 0.25) is 0 Å². The monoisotopic (exact) mass is 313 g/mol. The van der Waals surface area contributed by atoms with Crippen molar-refractivity contribution < 1.29 is 9.53 Å². The molecular weight excluding hydrogens is 290 g/mol. The zero-order valence-electron chi connectivity index (χ0n) is 13.7. The molecule has 2 aromatic heterocycles. The largest absolute Gasteiger partial charge is 0.381 e. The zero-order chi connectivity index (χ0) is 16.0. The Kier molecular flexibility index (Phi) is 3.41. The van der Waals surface area contributed by atoms with Crippen LogP contribution in [0, 0.1) is 11.3 Å². The molecule has 23 heavy (non-hydrogen) atoms. The van der Waals surface area contributed by atoms with Crippen molar-refractivity contribution in [3.05, 3.63) is 36.3 Å². The van der Waals surface area contributed by atoms with Crippen LogP contribution in [0.1, 0.15) is 37.0 Å². The average Bonchev–Trinajstić information content (AvgIpc) is 3.00. The Labute approximate surface area is 136 Å². The van der Waals surface area contributed by atoms with Gasteiger partial charge in [0.05, 0.1) is 5.56 Å². The number of carbonyl (C=O) groups excluding carboxylic acids is 1. The number of aromatic nitrogens is 2. The summed E-state index contributed by atoms with van der Waals surface area (Å²) in [5.41, 5.74) is 1.87. The van der Waals surface area contributed by atoms with E-state index in [0.717, 1.165) is 43.8 Å². The van der Waals surface area contributed by atoms with E-state index in [0.29, 0.717) is 12.0 Å². The van der Waals surface area contributed by atoms with Gasteiger partial charge in [0.25, 0.3) is 5.91 Å². The Morgan fingerprint density at radius 3 is 2.87 bits per heavy atom. The van der Waals surface area contributed by atoms with Gasteiger partial charge in [-0.1, -0.05) is 13.8 Å². The Morgan fingerprint density at radius 2 is 2.13 bits per heavy atom. The molecule has 2 aliphatic rings. The third-order valence-electron chi connectivity index (χ3n) is 5.47. The molecule has 1 amide bonds. The molecule has 5 nitrogen and oxygen atoms in total. The molecular formula is C18H23N3O2. The number of likely N-dealkylation sites (tertiary alicyclic amines) is 1. The van der Waals surface area contributed by atoms with Gasteiger partial charge in [0.15, 0.2) is 0 Å². The van der Waals surface area contributed by atoms with Gasteiger partial charge in [-0.2, -0.15) is 0 Å². The lowest BCUT2D eigenvalue weighted by molar-refractivity contribution is -0.127. The van der Waals surface area contributed by atoms with Crippen LogP contribution in [0.25, 0.3) is 5.65 Å². The van der Waals surface area contributed by atoms with Crippen molar-refractivity contribution in [1.29, 1.82) is 0 Å². The van der Waals surface area contributed by atoms with Crippen LogP contribution in [0.3, 0.4) is 0 Å². The summed E-state index contributed by atoms with van der Waals surface area (Å²) in [6.45, 7) is 6.96. The van der Waals surface area contributed by atoms with Gasteiger partial charge in [-0.05, 0) is 30.9 Å². The van der Waals surface area contributed by atoms with E-state index in [1.165, 1.54) is 0 Å². The standard InChI is InChI=1S/C18H23N3O2/c1-13(2)16-18(5-9-23-10-6-18)12-21(16)17(22)14-3-4-15-19-7-8-20(15)11-14/h3-4,7-8,11,13,16H,5-6,9-10,12H2,1-2H3/t16-/m0/s1. The lowest BCUT2D eigenvalue weighted by Gasteiger charge is -2.61. The van der Waals surface area contributed by atoms with Crippen LogP contribution in [0.4, 0.5) is 0 Å². The molecule has 1 spiro atoms. The molecule has 4 heterocycles. The van der Waals surface area contributed by atoms with Crippen molar-refractivity contribution in [2.75, 3.05) is 19.8 Å². The molecule has 4 rings (SSSR count). The number of ether oxygens (including phenoxy) is 1. The van der Waals surface area contributed by atoms with Crippen molar-refractivity contribution in [2.24, 2.45) is 11.3 Å². The van der Waals surface area contributed by atoms with Crippen LogP contribution in [-0.4, -0.2) is 46.0 Å². The summed E-state index contributed by atoms with van der Waals surface area (Å²) in [5, 5.41) is 0. The normalized spacial score (nSPS) is 23.4. The number of fused-ring (bicyclic) bond motifs is 1. The smallest absolute Gasteiger partial charge is 0.255 e. The van der Waals surface area contributed by atoms with Gasteiger partial charge in [-0.3, -0.25) is 4.79 Å². The molecule has 0 bridgehead atoms. The van der Waals surface area contributed by atoms with E-state index in [2.05, 4.69) is 23.7 Å². The first-order valence-corrected chi connectivity index (χ1v) is 8.42. The first kappa shape index (κ1) is 14.7. The first-order valence-electron chi connectivity index (χ1n) is 8.42. The Morgan fingerprint density at radius 1 is 1.35 bits per heavy atom. The number of hydrogen-bond donors (Lipinski definition) is 0. The summed E-state index contributed by atoms with van der Waals surface area (Å²) in [7, 11) is 0. The second kappa shape index (κ2) is 5.34. The SMILES string of the molecule is CC(C)[C@@H]1N(C(=O)c2ccc3nccn3c2)CC12CCOCC2. The van der Waals surface area contributed by atoms with Gasteiger partial charge in [-0.25, -0.2) is 4.98 Å². The number of pyridine rings is 1. The number of imidazole rings is 1. The topological polar surface area (TPSA) is 46.8 Å². The predicted octanol–water partition coefficient (Wildman–Crippen LogP) is 2.61. The summed E-state index contributed by atoms with van der Waals surface area (Å²) in [6.07, 6.45) is 7.65. The molecule has 2 fully saturated rings. The van der Waals surface area contributed by atoms with E-state index in [1.807, 2.05) is 28.9 Å². The molecule has 0 unspecified atom stereocenters. The van der Waals surface area contributed by atoms with Crippen LogP contribution < -0.4 is 0 Å². The van der Waals surface area contributed by atoms with E-state index >= 15 is 0 Å². The summed E-state index contributed by atoms with van der Waals surface area (Å²) in [5.74, 6) is 0.596. The minimum atomic E-state index is 0.136. The lowest BCUT2D eigenvalue weighted by Crippen LogP contribution is -2.69. The molecule has 0 saturated carbocycles. The molecule has 0 aliphatic carbocycles. The summed E-state index contributed by atoms with van der Waals surface area (Å²) in [4.78, 5) is 19.3. The quantitative estimate of drug-likeness (QED) is 0.856. The minimum absolute atomic E-state index is 0.136. The molecule has 0 aromatic carbocycles. The van der Waals surface area contributed by atoms with Gasteiger partial charge in [-0.15, -0.1) is 0 Å². The van der Waals surface area contributed by atoms with E-state index in [-0.39, 0.29) is 11.3 Å². The van der Waals surface area contributed by atoms with Crippen molar-refractivity contribution >= 4 is 11.6 Å². The lowest BCUT2D eigenvalue weighted by atomic mass is 9.62. The maximum atomic E-state index is 13.0. The Bertz CT molecular complexity index is 731. The third kappa shape index (κ3) is 2.26. The molecule has 2 saturated heterocycles. The fourth-order valence-electron chi connectivity index (χ4n) is 4.46. The maximum Gasteiger partial charge on any atom is 0.255 e. The summed E-state index contributed by atoms with van der Waals surface area (Å²) >= 11 is 0. The van der Waals surface area contributed by atoms with Crippen molar-refractivity contribution in [3.63, 3.8) is 0 Å². The fourth-order valence-corrected chi connectivity index (χ4v) is 4.46. The van der Waals surface area contributed by atoms with Gasteiger partial charge >= 0.3 is 0 Å². The third-order valence-corrected chi connectivity index (χ3v) is 5.47. The van der Waals surface area contributed by atoms with Crippen molar-refractivity contribution in [1.82, 2.24) is 14.3 Å². The number of hydrogen-bond acceptors (Lipinski definition) is 3.